The number of aliphatic hydroxyl groups is 1. The normalized spacial score (nSPS) is 18.1. The van der Waals surface area contributed by atoms with Gasteiger partial charge in [0, 0.05) is 6.54 Å². The molecule has 0 atom stereocenters. The van der Waals surface area contributed by atoms with Gasteiger partial charge in [0.05, 0.1) is 16.9 Å². The molecular weight excluding hydrogens is 309 g/mol. The number of halogens is 3. The maximum atomic E-state index is 12.9. The minimum Gasteiger partial charge on any atom is -0.388 e. The van der Waals surface area contributed by atoms with Gasteiger partial charge in [-0.15, -0.1) is 0 Å². The Morgan fingerprint density at radius 3 is 2.35 bits per heavy atom. The molecule has 128 valence electrons. The maximum Gasteiger partial charge on any atom is 0.418 e. The number of alkyl halides is 3. The van der Waals surface area contributed by atoms with E-state index in [-0.39, 0.29) is 12.2 Å². The number of urea groups is 1. The van der Waals surface area contributed by atoms with Crippen molar-refractivity contribution in [2.24, 2.45) is 0 Å². The Bertz CT molecular complexity index is 538. The summed E-state index contributed by atoms with van der Waals surface area (Å²) in [5.74, 6) is 0. The lowest BCUT2D eigenvalue weighted by atomic mass is 9.95. The van der Waals surface area contributed by atoms with Gasteiger partial charge in [0.1, 0.15) is 0 Å². The molecule has 0 spiro atoms. The molecule has 0 unspecified atom stereocenters. The number of carbonyl (C=O) groups is 1. The van der Waals surface area contributed by atoms with E-state index in [1.165, 1.54) is 18.2 Å². The van der Waals surface area contributed by atoms with Crippen LogP contribution >= 0.6 is 0 Å². The quantitative estimate of drug-likeness (QED) is 0.736. The third kappa shape index (κ3) is 5.13. The Hall–Kier alpha value is -1.76. The zero-order valence-corrected chi connectivity index (χ0v) is 12.7. The number of amides is 2. The molecule has 1 saturated carbocycles. The van der Waals surface area contributed by atoms with Crippen molar-refractivity contribution in [3.05, 3.63) is 29.8 Å². The summed E-state index contributed by atoms with van der Waals surface area (Å²) in [4.78, 5) is 11.9. The van der Waals surface area contributed by atoms with E-state index < -0.39 is 23.4 Å². The highest BCUT2D eigenvalue weighted by atomic mass is 19.4. The molecule has 0 aliphatic heterocycles. The second kappa shape index (κ2) is 7.21. The SMILES string of the molecule is O=C(NCC1(O)CCCCCC1)Nc1ccccc1C(F)(F)F. The maximum absolute atomic E-state index is 12.9. The first kappa shape index (κ1) is 17.6. The largest absolute Gasteiger partial charge is 0.418 e. The zero-order chi connectivity index (χ0) is 16.9. The molecule has 0 aromatic heterocycles. The van der Waals surface area contributed by atoms with E-state index in [2.05, 4.69) is 10.6 Å². The van der Waals surface area contributed by atoms with E-state index in [0.717, 1.165) is 31.7 Å². The minimum absolute atomic E-state index is 0.0347. The van der Waals surface area contributed by atoms with Gasteiger partial charge < -0.3 is 15.7 Å². The van der Waals surface area contributed by atoms with Crippen LogP contribution in [0.4, 0.5) is 23.7 Å². The number of hydrogen-bond donors (Lipinski definition) is 3. The van der Waals surface area contributed by atoms with E-state index in [1.54, 1.807) is 0 Å². The average Bonchev–Trinajstić information content (AvgIpc) is 2.70. The van der Waals surface area contributed by atoms with E-state index in [9.17, 15) is 23.1 Å². The molecule has 2 amide bonds. The summed E-state index contributed by atoms with van der Waals surface area (Å²) in [6, 6.07) is 4.04. The van der Waals surface area contributed by atoms with Gasteiger partial charge in [-0.05, 0) is 25.0 Å². The van der Waals surface area contributed by atoms with Crippen LogP contribution in [0.25, 0.3) is 0 Å². The Kier molecular flexibility index (Phi) is 5.51. The van der Waals surface area contributed by atoms with Gasteiger partial charge in [0.25, 0.3) is 0 Å². The highest BCUT2D eigenvalue weighted by Gasteiger charge is 2.34. The van der Waals surface area contributed by atoms with Gasteiger partial charge in [-0.1, -0.05) is 37.8 Å². The van der Waals surface area contributed by atoms with Gasteiger partial charge in [0.15, 0.2) is 0 Å². The summed E-state index contributed by atoms with van der Waals surface area (Å²) in [5, 5.41) is 15.1. The summed E-state index contributed by atoms with van der Waals surface area (Å²) in [6.45, 7) is 0.0347. The molecule has 0 bridgehead atoms. The topological polar surface area (TPSA) is 61.4 Å². The van der Waals surface area contributed by atoms with Crippen LogP contribution in [-0.2, 0) is 6.18 Å². The zero-order valence-electron chi connectivity index (χ0n) is 12.7. The molecule has 0 radical (unpaired) electrons. The van der Waals surface area contributed by atoms with Crippen LogP contribution in [0.5, 0.6) is 0 Å². The van der Waals surface area contributed by atoms with Crippen LogP contribution in [0, 0.1) is 0 Å². The first-order chi connectivity index (χ1) is 10.8. The molecule has 1 aliphatic carbocycles. The fraction of sp³-hybridized carbons (Fsp3) is 0.562. The third-order valence-corrected chi connectivity index (χ3v) is 4.09. The molecule has 2 rings (SSSR count). The van der Waals surface area contributed by atoms with Crippen molar-refractivity contribution in [3.8, 4) is 0 Å². The van der Waals surface area contributed by atoms with Crippen molar-refractivity contribution in [2.75, 3.05) is 11.9 Å². The number of rotatable bonds is 3. The van der Waals surface area contributed by atoms with Gasteiger partial charge in [0.2, 0.25) is 0 Å². The van der Waals surface area contributed by atoms with Crippen molar-refractivity contribution < 1.29 is 23.1 Å². The predicted octanol–water partition coefficient (Wildman–Crippen LogP) is 3.91. The van der Waals surface area contributed by atoms with Crippen LogP contribution in [0.15, 0.2) is 24.3 Å². The van der Waals surface area contributed by atoms with Crippen LogP contribution in [0.2, 0.25) is 0 Å². The van der Waals surface area contributed by atoms with E-state index in [0.29, 0.717) is 12.8 Å². The van der Waals surface area contributed by atoms with E-state index in [1.807, 2.05) is 0 Å². The lowest BCUT2D eigenvalue weighted by Gasteiger charge is -2.27. The summed E-state index contributed by atoms with van der Waals surface area (Å²) >= 11 is 0. The van der Waals surface area contributed by atoms with Crippen LogP contribution in [-0.4, -0.2) is 23.3 Å². The van der Waals surface area contributed by atoms with Crippen molar-refractivity contribution in [3.63, 3.8) is 0 Å². The van der Waals surface area contributed by atoms with Crippen molar-refractivity contribution >= 4 is 11.7 Å². The Labute approximate surface area is 133 Å². The monoisotopic (exact) mass is 330 g/mol. The molecule has 1 aromatic carbocycles. The summed E-state index contributed by atoms with van der Waals surface area (Å²) in [5.41, 5.74) is -2.18. The Morgan fingerprint density at radius 1 is 1.13 bits per heavy atom. The number of hydrogen-bond acceptors (Lipinski definition) is 2. The van der Waals surface area contributed by atoms with Crippen molar-refractivity contribution in [1.82, 2.24) is 5.32 Å². The van der Waals surface area contributed by atoms with Crippen LogP contribution in [0.3, 0.4) is 0 Å². The highest BCUT2D eigenvalue weighted by Crippen LogP contribution is 2.34. The summed E-state index contributed by atoms with van der Waals surface area (Å²) in [6.07, 6.45) is 0.510. The molecular formula is C16H21F3N2O2. The molecule has 0 saturated heterocycles. The minimum atomic E-state index is -4.54. The third-order valence-electron chi connectivity index (χ3n) is 4.09. The smallest absolute Gasteiger partial charge is 0.388 e. The van der Waals surface area contributed by atoms with Crippen molar-refractivity contribution in [2.45, 2.75) is 50.3 Å². The second-order valence-corrected chi connectivity index (χ2v) is 5.99. The van der Waals surface area contributed by atoms with E-state index in [4.69, 9.17) is 0 Å². The molecule has 4 nitrogen and oxygen atoms in total. The molecule has 1 aromatic rings. The van der Waals surface area contributed by atoms with Crippen LogP contribution < -0.4 is 10.6 Å². The number of nitrogens with one attached hydrogen (secondary N) is 2. The number of anilines is 1. The molecule has 23 heavy (non-hydrogen) atoms. The molecule has 1 aliphatic rings. The number of carbonyl (C=O) groups excluding carboxylic acids is 1. The second-order valence-electron chi connectivity index (χ2n) is 5.99. The number of benzene rings is 1. The lowest BCUT2D eigenvalue weighted by molar-refractivity contribution is -0.136. The van der Waals surface area contributed by atoms with E-state index >= 15 is 0 Å². The van der Waals surface area contributed by atoms with Gasteiger partial charge in [-0.3, -0.25) is 0 Å². The Balaban J connectivity index is 1.95. The molecule has 0 heterocycles. The lowest BCUT2D eigenvalue weighted by Crippen LogP contribution is -2.44. The van der Waals surface area contributed by atoms with Crippen LogP contribution in [0.1, 0.15) is 44.1 Å². The summed E-state index contributed by atoms with van der Waals surface area (Å²) in [7, 11) is 0. The fourth-order valence-electron chi connectivity index (χ4n) is 2.81. The average molecular weight is 330 g/mol. The predicted molar refractivity (Wildman–Crippen MR) is 81.1 cm³/mol. The van der Waals surface area contributed by atoms with Gasteiger partial charge >= 0.3 is 12.2 Å². The molecule has 7 heteroatoms. The molecule has 3 N–H and O–H groups in total. The Morgan fingerprint density at radius 2 is 1.74 bits per heavy atom. The fourth-order valence-corrected chi connectivity index (χ4v) is 2.81. The van der Waals surface area contributed by atoms with Gasteiger partial charge in [-0.2, -0.15) is 13.2 Å². The summed E-state index contributed by atoms with van der Waals surface area (Å²) < 4.78 is 38.6. The van der Waals surface area contributed by atoms with Gasteiger partial charge in [-0.25, -0.2) is 4.79 Å². The first-order valence-electron chi connectivity index (χ1n) is 7.74. The first-order valence-corrected chi connectivity index (χ1v) is 7.74. The van der Waals surface area contributed by atoms with Crippen molar-refractivity contribution in [1.29, 1.82) is 0 Å². The standard InChI is InChI=1S/C16H21F3N2O2/c17-16(18,19)12-7-3-4-8-13(12)21-14(22)20-11-15(23)9-5-1-2-6-10-15/h3-4,7-8,23H,1-2,5-6,9-11H2,(H2,20,21,22). The highest BCUT2D eigenvalue weighted by molar-refractivity contribution is 5.90. The number of para-hydroxylation sites is 1. The molecule has 1 fully saturated rings.